The standard InChI is InChI=1S/C14H19N2O2.C9H10N2O3.2CH4/c1-9(2)18-12-6-7-13-14(8-12)16(17)11(4)10(3)15(13)5;1-6(2)13-7-3-4-8-9(5-7)11(12)14-10-8;;/h6-9H,1-5H3;3-6H,1-2H3;2*1H4/q+1;;;. The van der Waals surface area contributed by atoms with Crippen LogP contribution in [0.1, 0.15) is 53.9 Å². The predicted octanol–water partition coefficient (Wildman–Crippen LogP) is 5.02. The molecule has 0 unspecified atom stereocenters. The van der Waals surface area contributed by atoms with Crippen LogP contribution in [0.25, 0.3) is 22.1 Å². The first kappa shape index (κ1) is 28.4. The van der Waals surface area contributed by atoms with Crippen molar-refractivity contribution in [2.45, 2.75) is 68.6 Å². The minimum Gasteiger partial charge on any atom is -0.491 e. The lowest BCUT2D eigenvalue weighted by molar-refractivity contribution is -0.782. The van der Waals surface area contributed by atoms with E-state index in [2.05, 4.69) is 9.79 Å². The highest BCUT2D eigenvalue weighted by molar-refractivity contribution is 5.74. The summed E-state index contributed by atoms with van der Waals surface area (Å²) in [6.45, 7) is 11.6. The third-order valence-electron chi connectivity index (χ3n) is 4.96. The Morgan fingerprint density at radius 3 is 2.03 bits per heavy atom. The van der Waals surface area contributed by atoms with E-state index in [4.69, 9.17) is 9.47 Å². The lowest BCUT2D eigenvalue weighted by Crippen LogP contribution is -2.24. The zero-order valence-electron chi connectivity index (χ0n) is 19.4. The van der Waals surface area contributed by atoms with Crippen molar-refractivity contribution in [3.8, 4) is 11.5 Å². The van der Waals surface area contributed by atoms with Crippen LogP contribution in [0.15, 0.2) is 41.0 Å². The second kappa shape index (κ2) is 11.5. The molecule has 0 radical (unpaired) electrons. The van der Waals surface area contributed by atoms with Crippen molar-refractivity contribution >= 4 is 22.1 Å². The molecule has 9 nitrogen and oxygen atoms in total. The summed E-state index contributed by atoms with van der Waals surface area (Å²) in [6, 6.07) is 10.7. The first-order valence-electron chi connectivity index (χ1n) is 10.4. The van der Waals surface area contributed by atoms with Crippen LogP contribution in [0.5, 0.6) is 11.5 Å². The predicted molar refractivity (Wildman–Crippen MR) is 134 cm³/mol. The Morgan fingerprint density at radius 1 is 0.941 bits per heavy atom. The van der Waals surface area contributed by atoms with Crippen molar-refractivity contribution in [1.29, 1.82) is 0 Å². The maximum Gasteiger partial charge on any atom is 0.290 e. The van der Waals surface area contributed by atoms with Gasteiger partial charge >= 0.3 is 0 Å². The third kappa shape index (κ3) is 6.03. The van der Waals surface area contributed by atoms with Gasteiger partial charge in [0.1, 0.15) is 17.0 Å². The number of benzene rings is 2. The maximum atomic E-state index is 12.2. The van der Waals surface area contributed by atoms with Gasteiger partial charge in [-0.25, -0.2) is 0 Å². The fourth-order valence-electron chi connectivity index (χ4n) is 3.24. The quantitative estimate of drug-likeness (QED) is 0.305. The second-order valence-electron chi connectivity index (χ2n) is 8.09. The summed E-state index contributed by atoms with van der Waals surface area (Å²) in [7, 11) is 1.97. The normalized spacial score (nSPS) is 10.5. The van der Waals surface area contributed by atoms with Gasteiger partial charge in [0.2, 0.25) is 11.0 Å². The molecule has 0 aliphatic carbocycles. The number of rotatable bonds is 4. The van der Waals surface area contributed by atoms with Crippen molar-refractivity contribution in [3.05, 3.63) is 57.9 Å². The molecular formula is C25H37N4O5+. The van der Waals surface area contributed by atoms with Crippen molar-refractivity contribution in [2.75, 3.05) is 0 Å². The molecular weight excluding hydrogens is 436 g/mol. The lowest BCUT2D eigenvalue weighted by atomic mass is 10.2. The largest absolute Gasteiger partial charge is 0.491 e. The van der Waals surface area contributed by atoms with E-state index in [0.717, 1.165) is 21.4 Å². The minimum absolute atomic E-state index is 0. The fraction of sp³-hybridized carbons (Fsp3) is 0.440. The summed E-state index contributed by atoms with van der Waals surface area (Å²) in [5, 5.41) is 14.6. The van der Waals surface area contributed by atoms with Crippen molar-refractivity contribution in [1.82, 2.24) is 9.72 Å². The van der Waals surface area contributed by atoms with Crippen LogP contribution >= 0.6 is 0 Å². The van der Waals surface area contributed by atoms with Crippen molar-refractivity contribution < 1.29 is 23.4 Å². The molecule has 186 valence electrons. The number of ether oxygens (including phenoxy) is 2. The molecule has 0 aliphatic heterocycles. The third-order valence-corrected chi connectivity index (χ3v) is 4.96. The Kier molecular flexibility index (Phi) is 9.60. The van der Waals surface area contributed by atoms with Crippen LogP contribution in [0.3, 0.4) is 0 Å². The molecule has 0 saturated carbocycles. The summed E-state index contributed by atoms with van der Waals surface area (Å²) >= 11 is 0. The van der Waals surface area contributed by atoms with Crippen LogP contribution in [0.4, 0.5) is 0 Å². The van der Waals surface area contributed by atoms with Crippen molar-refractivity contribution in [2.24, 2.45) is 7.05 Å². The monoisotopic (exact) mass is 473 g/mol. The summed E-state index contributed by atoms with van der Waals surface area (Å²) in [4.78, 5) is 12.6. The Bertz CT molecular complexity index is 1310. The first-order chi connectivity index (χ1) is 15.1. The van der Waals surface area contributed by atoms with Gasteiger partial charge in [0, 0.05) is 30.1 Å². The minimum atomic E-state index is 0. The molecule has 2 aromatic carbocycles. The molecule has 0 N–H and O–H groups in total. The number of nitrogens with zero attached hydrogens (tertiary/aromatic N) is 4. The number of aromatic nitrogens is 4. The molecule has 4 aromatic rings. The summed E-state index contributed by atoms with van der Waals surface area (Å²) in [5.41, 5.74) is 4.13. The molecule has 0 fully saturated rings. The van der Waals surface area contributed by atoms with E-state index in [0.29, 0.717) is 32.9 Å². The highest BCUT2D eigenvalue weighted by Crippen LogP contribution is 2.20. The van der Waals surface area contributed by atoms with E-state index < -0.39 is 0 Å². The average molecular weight is 474 g/mol. The van der Waals surface area contributed by atoms with Gasteiger partial charge in [0.25, 0.3) is 11.2 Å². The second-order valence-corrected chi connectivity index (χ2v) is 8.09. The zero-order chi connectivity index (χ0) is 23.6. The van der Waals surface area contributed by atoms with E-state index in [1.807, 2.05) is 65.3 Å². The zero-order valence-corrected chi connectivity index (χ0v) is 19.4. The van der Waals surface area contributed by atoms with E-state index >= 15 is 0 Å². The number of aryl methyl sites for hydroxylation is 1. The summed E-state index contributed by atoms with van der Waals surface area (Å²) < 4.78 is 18.5. The lowest BCUT2D eigenvalue weighted by Gasteiger charge is -2.10. The molecule has 2 aromatic heterocycles. The molecule has 0 amide bonds. The topological polar surface area (TPSA) is 99.3 Å². The smallest absolute Gasteiger partial charge is 0.290 e. The number of hydrogen-bond donors (Lipinski definition) is 0. The first-order valence-corrected chi connectivity index (χ1v) is 10.4. The van der Waals surface area contributed by atoms with Gasteiger partial charge in [-0.05, 0) is 63.8 Å². The summed E-state index contributed by atoms with van der Waals surface area (Å²) in [5.74, 6) is 1.37. The van der Waals surface area contributed by atoms with Crippen molar-refractivity contribution in [3.63, 3.8) is 0 Å². The van der Waals surface area contributed by atoms with Crippen LogP contribution in [0, 0.1) is 24.0 Å². The van der Waals surface area contributed by atoms with Crippen LogP contribution in [0.2, 0.25) is 0 Å². The number of hydrogen-bond acceptors (Lipinski definition) is 6. The molecule has 34 heavy (non-hydrogen) atoms. The molecule has 0 aliphatic rings. The molecule has 0 saturated heterocycles. The van der Waals surface area contributed by atoms with Gasteiger partial charge in [-0.15, -0.1) is 0 Å². The molecule has 2 heterocycles. The van der Waals surface area contributed by atoms with Crippen LogP contribution < -0.4 is 18.8 Å². The Balaban J connectivity index is 0.000000329. The van der Waals surface area contributed by atoms with E-state index in [1.54, 1.807) is 24.3 Å². The van der Waals surface area contributed by atoms with Gasteiger partial charge in [-0.2, -0.15) is 0 Å². The van der Waals surface area contributed by atoms with Crippen LogP contribution in [-0.2, 0) is 7.05 Å². The number of fused-ring (bicyclic) bond motifs is 2. The van der Waals surface area contributed by atoms with Gasteiger partial charge in [-0.3, -0.25) is 4.63 Å². The Labute approximate surface area is 200 Å². The fourth-order valence-corrected chi connectivity index (χ4v) is 3.24. The van der Waals surface area contributed by atoms with Gasteiger partial charge < -0.3 is 19.2 Å². The van der Waals surface area contributed by atoms with Crippen LogP contribution in [-0.4, -0.2) is 21.9 Å². The molecule has 4 rings (SSSR count). The highest BCUT2D eigenvalue weighted by atomic mass is 16.8. The maximum absolute atomic E-state index is 12.2. The molecule has 0 bridgehead atoms. The van der Waals surface area contributed by atoms with Gasteiger partial charge in [0.05, 0.1) is 28.4 Å². The molecule has 0 spiro atoms. The SMILES string of the molecule is C.C.CC(C)Oc1ccc2no[n+]([O-])c2c1.Cc1c(C)[n+](=O)c2cc(OC(C)C)ccc2n1C. The van der Waals surface area contributed by atoms with Gasteiger partial charge in [-0.1, -0.05) is 14.9 Å². The van der Waals surface area contributed by atoms with Gasteiger partial charge in [0.15, 0.2) is 0 Å². The average Bonchev–Trinajstić information content (AvgIpc) is 3.10. The van der Waals surface area contributed by atoms with E-state index in [-0.39, 0.29) is 27.1 Å². The highest BCUT2D eigenvalue weighted by Gasteiger charge is 2.18. The molecule has 9 heteroatoms. The Morgan fingerprint density at radius 2 is 1.47 bits per heavy atom. The van der Waals surface area contributed by atoms with E-state index in [9.17, 15) is 10.1 Å². The summed E-state index contributed by atoms with van der Waals surface area (Å²) in [6.07, 6.45) is 0.176. The van der Waals surface area contributed by atoms with E-state index in [1.165, 1.54) is 0 Å². The Hall–Kier alpha value is -3.62. The molecule has 0 atom stereocenters.